The second kappa shape index (κ2) is 15.7. The molecule has 0 amide bonds. The molecular weight excluding hydrogens is 516 g/mol. The maximum absolute atomic E-state index is 11.1. The van der Waals surface area contributed by atoms with Crippen molar-refractivity contribution in [3.8, 4) is 11.5 Å². The van der Waals surface area contributed by atoms with E-state index in [1.165, 1.54) is 75.3 Å². The summed E-state index contributed by atoms with van der Waals surface area (Å²) in [6, 6.07) is 16.3. The number of aliphatic imine (C=N–C) groups is 2. The lowest BCUT2D eigenvalue weighted by Gasteiger charge is -2.14. The molecule has 3 aromatic rings. The number of fused-ring (bicyclic) bond motifs is 5. The van der Waals surface area contributed by atoms with Gasteiger partial charge in [-0.1, -0.05) is 103 Å². The van der Waals surface area contributed by atoms with Crippen LogP contribution in [0.15, 0.2) is 58.5 Å². The molecule has 2 N–H and O–H groups in total. The molecule has 1 heterocycles. The van der Waals surface area contributed by atoms with Gasteiger partial charge in [-0.2, -0.15) is 0 Å². The minimum absolute atomic E-state index is 0.222. The highest BCUT2D eigenvalue weighted by molar-refractivity contribution is 5.90. The number of hydrogen-bond donors (Lipinski definition) is 2. The van der Waals surface area contributed by atoms with Gasteiger partial charge in [0, 0.05) is 23.6 Å². The Kier molecular flexibility index (Phi) is 11.8. The number of aryl methyl sites for hydroxylation is 2. The first kappa shape index (κ1) is 31.5. The van der Waals surface area contributed by atoms with E-state index in [1.807, 2.05) is 24.3 Å². The molecule has 0 unspecified atom stereocenters. The van der Waals surface area contributed by atoms with Crippen molar-refractivity contribution in [3.63, 3.8) is 0 Å². The lowest BCUT2D eigenvalue weighted by atomic mass is 9.94. The third-order valence-corrected chi connectivity index (χ3v) is 8.45. The molecule has 3 aromatic carbocycles. The van der Waals surface area contributed by atoms with Gasteiger partial charge in [-0.15, -0.1) is 0 Å². The molecule has 0 atom stereocenters. The highest BCUT2D eigenvalue weighted by atomic mass is 16.3. The Morgan fingerprint density at radius 2 is 0.881 bits per heavy atom. The molecule has 4 heteroatoms. The highest BCUT2D eigenvalue weighted by Gasteiger charge is 2.14. The fourth-order valence-corrected chi connectivity index (χ4v) is 5.89. The van der Waals surface area contributed by atoms with Gasteiger partial charge in [0.1, 0.15) is 11.5 Å². The Balaban J connectivity index is 1.69. The zero-order valence-corrected chi connectivity index (χ0v) is 26.2. The van der Waals surface area contributed by atoms with E-state index < -0.39 is 0 Å². The van der Waals surface area contributed by atoms with Crippen molar-refractivity contribution in [1.29, 1.82) is 0 Å². The zero-order valence-electron chi connectivity index (χ0n) is 26.2. The van der Waals surface area contributed by atoms with Crippen LogP contribution in [0.5, 0.6) is 11.5 Å². The Hall–Kier alpha value is -3.40. The predicted molar refractivity (Wildman–Crippen MR) is 179 cm³/mol. The lowest BCUT2D eigenvalue weighted by Crippen LogP contribution is -1.98. The van der Waals surface area contributed by atoms with Crippen molar-refractivity contribution < 1.29 is 10.2 Å². The first-order chi connectivity index (χ1) is 20.3. The fraction of sp³-hybridized carbons (Fsp3) is 0.474. The first-order valence-corrected chi connectivity index (χ1v) is 16.2. The molecule has 4 rings (SSSR count). The maximum atomic E-state index is 11.1. The van der Waals surface area contributed by atoms with Crippen molar-refractivity contribution in [2.24, 2.45) is 9.98 Å². The van der Waals surface area contributed by atoms with Gasteiger partial charge in [0.05, 0.1) is 11.4 Å². The van der Waals surface area contributed by atoms with E-state index >= 15 is 0 Å². The van der Waals surface area contributed by atoms with Crippen LogP contribution in [0.3, 0.4) is 0 Å². The number of rotatable bonds is 2. The lowest BCUT2D eigenvalue weighted by molar-refractivity contribution is 0.463. The van der Waals surface area contributed by atoms with Crippen LogP contribution in [0.4, 0.5) is 11.4 Å². The summed E-state index contributed by atoms with van der Waals surface area (Å²) in [5.74, 6) is 1.06. The van der Waals surface area contributed by atoms with E-state index in [1.54, 1.807) is 12.4 Å². The van der Waals surface area contributed by atoms with Crippen LogP contribution in [-0.4, -0.2) is 22.6 Å². The molecule has 4 bridgehead atoms. The highest BCUT2D eigenvalue weighted by Crippen LogP contribution is 2.34. The molecule has 0 aliphatic carbocycles. The van der Waals surface area contributed by atoms with E-state index in [2.05, 4.69) is 52.0 Å². The zero-order chi connectivity index (χ0) is 29.9. The van der Waals surface area contributed by atoms with Crippen LogP contribution < -0.4 is 0 Å². The summed E-state index contributed by atoms with van der Waals surface area (Å²) in [5.41, 5.74) is 7.39. The number of phenolic OH excluding ortho intramolecular Hbond substituents is 2. The topological polar surface area (TPSA) is 65.2 Å². The van der Waals surface area contributed by atoms with Crippen LogP contribution in [-0.2, 0) is 12.8 Å². The molecule has 224 valence electrons. The Bertz CT molecular complexity index is 1270. The standard InChI is InChI=1S/C38H50N2O2/c1-27(2)33-23-29-17-13-11-9-7-5-6-8-10-12-14-18-30-22-32(38(42)34(24-30)28(3)4)26-40-36-20-16-15-19-35(36)39-25-31(21-29)37(33)41/h15-16,19-28,41-42H,5-14,17-18H2,1-4H3. The van der Waals surface area contributed by atoms with Gasteiger partial charge in [0.25, 0.3) is 0 Å². The predicted octanol–water partition coefficient (Wildman–Crippen LogP) is 10.8. The average Bonchev–Trinajstić information content (AvgIpc) is 2.97. The minimum atomic E-state index is 0.222. The third-order valence-electron chi connectivity index (χ3n) is 8.45. The first-order valence-electron chi connectivity index (χ1n) is 16.2. The molecule has 0 radical (unpaired) electrons. The smallest absolute Gasteiger partial charge is 0.127 e. The molecule has 0 saturated heterocycles. The number of phenols is 2. The molecule has 42 heavy (non-hydrogen) atoms. The van der Waals surface area contributed by atoms with E-state index in [0.29, 0.717) is 11.5 Å². The van der Waals surface area contributed by atoms with E-state index in [9.17, 15) is 10.2 Å². The van der Waals surface area contributed by atoms with Crippen LogP contribution in [0.25, 0.3) is 0 Å². The van der Waals surface area contributed by atoms with E-state index in [-0.39, 0.29) is 11.8 Å². The Morgan fingerprint density at radius 3 is 1.24 bits per heavy atom. The van der Waals surface area contributed by atoms with Crippen LogP contribution in [0.1, 0.15) is 137 Å². The Morgan fingerprint density at radius 1 is 0.524 bits per heavy atom. The van der Waals surface area contributed by atoms with Crippen molar-refractivity contribution in [2.45, 2.75) is 117 Å². The summed E-state index contributed by atoms with van der Waals surface area (Å²) in [7, 11) is 0. The molecule has 0 saturated carbocycles. The molecule has 0 spiro atoms. The third kappa shape index (κ3) is 8.80. The second-order valence-electron chi connectivity index (χ2n) is 12.6. The van der Waals surface area contributed by atoms with Gasteiger partial charge in [-0.3, -0.25) is 9.98 Å². The van der Waals surface area contributed by atoms with Gasteiger partial charge in [-0.05, 0) is 84.0 Å². The van der Waals surface area contributed by atoms with Crippen molar-refractivity contribution in [3.05, 3.63) is 81.9 Å². The summed E-state index contributed by atoms with van der Waals surface area (Å²) in [6.07, 6.45) is 18.3. The molecular formula is C38H50N2O2. The SMILES string of the molecule is CC(C)c1cc2cc(c1O)C=Nc1ccccc1N=Cc1cc(cc(C(C)C)c1O)CCCCCCCCCCCC2. The fourth-order valence-electron chi connectivity index (χ4n) is 5.89. The van der Waals surface area contributed by atoms with Gasteiger partial charge < -0.3 is 10.2 Å². The summed E-state index contributed by atoms with van der Waals surface area (Å²) >= 11 is 0. The van der Waals surface area contributed by atoms with Crippen molar-refractivity contribution in [2.75, 3.05) is 0 Å². The number of nitrogens with zero attached hydrogens (tertiary/aromatic N) is 2. The van der Waals surface area contributed by atoms with Crippen molar-refractivity contribution in [1.82, 2.24) is 0 Å². The van der Waals surface area contributed by atoms with Crippen LogP contribution >= 0.6 is 0 Å². The summed E-state index contributed by atoms with van der Waals surface area (Å²) in [4.78, 5) is 9.59. The Labute approximate surface area is 253 Å². The second-order valence-corrected chi connectivity index (χ2v) is 12.6. The monoisotopic (exact) mass is 566 g/mol. The normalized spacial score (nSPS) is 15.9. The summed E-state index contributed by atoms with van der Waals surface area (Å²) in [5, 5.41) is 22.2. The largest absolute Gasteiger partial charge is 0.507 e. The van der Waals surface area contributed by atoms with Crippen LogP contribution in [0.2, 0.25) is 0 Å². The quantitative estimate of drug-likeness (QED) is 0.324. The maximum Gasteiger partial charge on any atom is 0.127 e. The minimum Gasteiger partial charge on any atom is -0.507 e. The van der Waals surface area contributed by atoms with Crippen molar-refractivity contribution >= 4 is 23.8 Å². The van der Waals surface area contributed by atoms with Crippen LogP contribution in [0, 0.1) is 0 Å². The molecule has 0 fully saturated rings. The molecule has 1 aliphatic rings. The summed E-state index contributed by atoms with van der Waals surface area (Å²) in [6.45, 7) is 8.49. The summed E-state index contributed by atoms with van der Waals surface area (Å²) < 4.78 is 0. The number of para-hydroxylation sites is 2. The number of hydrogen-bond acceptors (Lipinski definition) is 4. The van der Waals surface area contributed by atoms with Gasteiger partial charge in [0.2, 0.25) is 0 Å². The molecule has 0 aromatic heterocycles. The average molecular weight is 567 g/mol. The van der Waals surface area contributed by atoms with Gasteiger partial charge in [-0.25, -0.2) is 0 Å². The molecule has 4 nitrogen and oxygen atoms in total. The van der Waals surface area contributed by atoms with E-state index in [4.69, 9.17) is 9.98 Å². The van der Waals surface area contributed by atoms with E-state index in [0.717, 1.165) is 46.5 Å². The van der Waals surface area contributed by atoms with Gasteiger partial charge >= 0.3 is 0 Å². The molecule has 1 aliphatic heterocycles. The van der Waals surface area contributed by atoms with Gasteiger partial charge in [0.15, 0.2) is 0 Å². The number of benzene rings is 3. The number of aromatic hydroxyl groups is 2.